The highest BCUT2D eigenvalue weighted by atomic mass is 32.2. The Hall–Kier alpha value is -1.10. The van der Waals surface area contributed by atoms with Gasteiger partial charge in [0, 0.05) is 17.2 Å². The number of pyridine rings is 1. The summed E-state index contributed by atoms with van der Waals surface area (Å²) in [4.78, 5) is 15.5. The first-order valence-electron chi connectivity index (χ1n) is 4.83. The van der Waals surface area contributed by atoms with Gasteiger partial charge in [0.25, 0.3) is 0 Å². The van der Waals surface area contributed by atoms with Gasteiger partial charge < -0.3 is 4.74 Å². The number of nitrogens with zero attached hydrogens (tertiary/aromatic N) is 1. The molecule has 88 valence electrons. The Morgan fingerprint density at radius 1 is 1.56 bits per heavy atom. The average Bonchev–Trinajstić information content (AvgIpc) is 2.12. The molecule has 0 saturated heterocycles. The standard InChI is InChI=1S/C11H14FNO2S/c1-11(2,3)15-10(14)7-16-8-4-5-13-9(12)6-8/h4-6H,7H2,1-3H3. The molecule has 1 heterocycles. The second-order valence-electron chi connectivity index (χ2n) is 4.19. The van der Waals surface area contributed by atoms with Gasteiger partial charge in [-0.25, -0.2) is 4.98 Å². The van der Waals surface area contributed by atoms with Gasteiger partial charge in [0.2, 0.25) is 5.95 Å². The van der Waals surface area contributed by atoms with E-state index < -0.39 is 11.5 Å². The van der Waals surface area contributed by atoms with Crippen molar-refractivity contribution in [3.05, 3.63) is 24.3 Å². The van der Waals surface area contributed by atoms with Gasteiger partial charge in [-0.1, -0.05) is 0 Å². The second-order valence-corrected chi connectivity index (χ2v) is 5.24. The predicted molar refractivity (Wildman–Crippen MR) is 60.8 cm³/mol. The Labute approximate surface area is 98.4 Å². The average molecular weight is 243 g/mol. The Morgan fingerprint density at radius 2 is 2.25 bits per heavy atom. The topological polar surface area (TPSA) is 39.2 Å². The summed E-state index contributed by atoms with van der Waals surface area (Å²) in [5.74, 6) is -0.690. The van der Waals surface area contributed by atoms with Gasteiger partial charge >= 0.3 is 5.97 Å². The summed E-state index contributed by atoms with van der Waals surface area (Å²) in [5.41, 5.74) is -0.485. The molecule has 0 bridgehead atoms. The van der Waals surface area contributed by atoms with Crippen molar-refractivity contribution in [2.24, 2.45) is 0 Å². The van der Waals surface area contributed by atoms with Crippen LogP contribution in [0.4, 0.5) is 4.39 Å². The molecule has 1 aromatic heterocycles. The Balaban J connectivity index is 2.43. The maximum absolute atomic E-state index is 12.7. The number of rotatable bonds is 3. The molecule has 0 radical (unpaired) electrons. The van der Waals surface area contributed by atoms with E-state index >= 15 is 0 Å². The smallest absolute Gasteiger partial charge is 0.316 e. The monoisotopic (exact) mass is 243 g/mol. The van der Waals surface area contributed by atoms with Gasteiger partial charge in [0.1, 0.15) is 5.60 Å². The van der Waals surface area contributed by atoms with Crippen molar-refractivity contribution >= 4 is 17.7 Å². The zero-order valence-corrected chi connectivity index (χ0v) is 10.3. The van der Waals surface area contributed by atoms with Crippen LogP contribution in [0.1, 0.15) is 20.8 Å². The molecule has 0 saturated carbocycles. The molecular weight excluding hydrogens is 229 g/mol. The summed E-state index contributed by atoms with van der Waals surface area (Å²) in [6.45, 7) is 5.42. The van der Waals surface area contributed by atoms with E-state index in [1.807, 2.05) is 20.8 Å². The summed E-state index contributed by atoms with van der Waals surface area (Å²) in [5, 5.41) is 0. The lowest BCUT2D eigenvalue weighted by molar-refractivity contribution is -0.151. The Bertz CT molecular complexity index is 376. The third kappa shape index (κ3) is 5.11. The number of ether oxygens (including phenoxy) is 1. The van der Waals surface area contributed by atoms with Crippen LogP contribution in [0.3, 0.4) is 0 Å². The number of hydrogen-bond acceptors (Lipinski definition) is 4. The Kier molecular flexibility index (Phi) is 4.29. The maximum atomic E-state index is 12.7. The fourth-order valence-corrected chi connectivity index (χ4v) is 1.67. The van der Waals surface area contributed by atoms with Gasteiger partial charge in [-0.3, -0.25) is 4.79 Å². The number of thioether (sulfide) groups is 1. The molecule has 0 amide bonds. The second kappa shape index (κ2) is 5.30. The van der Waals surface area contributed by atoms with Crippen LogP contribution in [-0.2, 0) is 9.53 Å². The van der Waals surface area contributed by atoms with Crippen LogP contribution in [0, 0.1) is 5.95 Å². The highest BCUT2D eigenvalue weighted by molar-refractivity contribution is 8.00. The fourth-order valence-electron chi connectivity index (χ4n) is 0.988. The highest BCUT2D eigenvalue weighted by Crippen LogP contribution is 2.18. The van der Waals surface area contributed by atoms with E-state index in [0.717, 1.165) is 0 Å². The molecule has 0 atom stereocenters. The van der Waals surface area contributed by atoms with Crippen LogP contribution in [0.15, 0.2) is 23.2 Å². The van der Waals surface area contributed by atoms with Crippen molar-refractivity contribution in [2.45, 2.75) is 31.3 Å². The van der Waals surface area contributed by atoms with Gasteiger partial charge in [-0.05, 0) is 26.8 Å². The lowest BCUT2D eigenvalue weighted by Gasteiger charge is -2.19. The van der Waals surface area contributed by atoms with E-state index in [-0.39, 0.29) is 11.7 Å². The minimum atomic E-state index is -0.547. The molecule has 0 unspecified atom stereocenters. The minimum absolute atomic E-state index is 0.167. The summed E-state index contributed by atoms with van der Waals surface area (Å²) >= 11 is 1.23. The molecule has 3 nitrogen and oxygen atoms in total. The number of aromatic nitrogens is 1. The van der Waals surface area contributed by atoms with Crippen molar-refractivity contribution in [3.63, 3.8) is 0 Å². The summed E-state index contributed by atoms with van der Waals surface area (Å²) in [6, 6.07) is 2.94. The van der Waals surface area contributed by atoms with Crippen LogP contribution in [0.25, 0.3) is 0 Å². The molecule has 16 heavy (non-hydrogen) atoms. The van der Waals surface area contributed by atoms with Gasteiger partial charge in [0.05, 0.1) is 5.75 Å². The molecule has 0 aliphatic heterocycles. The maximum Gasteiger partial charge on any atom is 0.316 e. The van der Waals surface area contributed by atoms with E-state index in [1.54, 1.807) is 6.07 Å². The van der Waals surface area contributed by atoms with E-state index in [1.165, 1.54) is 24.0 Å². The SMILES string of the molecule is CC(C)(C)OC(=O)CSc1ccnc(F)c1. The van der Waals surface area contributed by atoms with E-state index in [0.29, 0.717) is 4.90 Å². The predicted octanol–water partition coefficient (Wildman–Crippen LogP) is 2.65. The zero-order valence-electron chi connectivity index (χ0n) is 9.49. The number of hydrogen-bond donors (Lipinski definition) is 0. The van der Waals surface area contributed by atoms with Crippen molar-refractivity contribution in [3.8, 4) is 0 Å². The third-order valence-corrected chi connectivity index (χ3v) is 2.44. The molecule has 5 heteroatoms. The van der Waals surface area contributed by atoms with Crippen LogP contribution in [0.5, 0.6) is 0 Å². The van der Waals surface area contributed by atoms with Crippen LogP contribution in [0.2, 0.25) is 0 Å². The summed E-state index contributed by atoms with van der Waals surface area (Å²) in [7, 11) is 0. The van der Waals surface area contributed by atoms with E-state index in [4.69, 9.17) is 4.74 Å². The highest BCUT2D eigenvalue weighted by Gasteiger charge is 2.16. The number of esters is 1. The fraction of sp³-hybridized carbons (Fsp3) is 0.455. The first-order valence-corrected chi connectivity index (χ1v) is 5.81. The molecular formula is C11H14FNO2S. The summed E-state index contributed by atoms with van der Waals surface area (Å²) in [6.07, 6.45) is 1.37. The molecule has 0 fully saturated rings. The molecule has 1 aromatic rings. The van der Waals surface area contributed by atoms with Crippen LogP contribution >= 0.6 is 11.8 Å². The quantitative estimate of drug-likeness (QED) is 0.465. The summed E-state index contributed by atoms with van der Waals surface area (Å²) < 4.78 is 17.8. The normalized spacial score (nSPS) is 11.2. The number of carbonyl (C=O) groups excluding carboxylic acids is 1. The lowest BCUT2D eigenvalue weighted by Crippen LogP contribution is -2.24. The first-order chi connectivity index (χ1) is 7.37. The molecule has 0 aliphatic carbocycles. The van der Waals surface area contributed by atoms with E-state index in [9.17, 15) is 9.18 Å². The molecule has 0 aromatic carbocycles. The Morgan fingerprint density at radius 3 is 2.81 bits per heavy atom. The van der Waals surface area contributed by atoms with Gasteiger partial charge in [0.15, 0.2) is 0 Å². The zero-order chi connectivity index (χ0) is 12.2. The van der Waals surface area contributed by atoms with E-state index in [2.05, 4.69) is 4.98 Å². The molecule has 0 N–H and O–H groups in total. The first kappa shape index (κ1) is 13.0. The largest absolute Gasteiger partial charge is 0.459 e. The van der Waals surface area contributed by atoms with Crippen molar-refractivity contribution < 1.29 is 13.9 Å². The minimum Gasteiger partial charge on any atom is -0.459 e. The molecule has 1 rings (SSSR count). The number of halogens is 1. The molecule has 0 aliphatic rings. The third-order valence-electron chi connectivity index (χ3n) is 1.47. The number of carbonyl (C=O) groups is 1. The van der Waals surface area contributed by atoms with Crippen molar-refractivity contribution in [1.29, 1.82) is 0 Å². The van der Waals surface area contributed by atoms with Crippen molar-refractivity contribution in [2.75, 3.05) is 5.75 Å². The molecule has 0 spiro atoms. The van der Waals surface area contributed by atoms with Gasteiger partial charge in [-0.2, -0.15) is 4.39 Å². The van der Waals surface area contributed by atoms with Crippen molar-refractivity contribution in [1.82, 2.24) is 4.98 Å². The van der Waals surface area contributed by atoms with Crippen LogP contribution in [-0.4, -0.2) is 22.3 Å². The lowest BCUT2D eigenvalue weighted by atomic mass is 10.2. The van der Waals surface area contributed by atoms with Gasteiger partial charge in [-0.15, -0.1) is 11.8 Å². The van der Waals surface area contributed by atoms with Crippen LogP contribution < -0.4 is 0 Å².